The summed E-state index contributed by atoms with van der Waals surface area (Å²) >= 11 is 0. The zero-order valence-corrected chi connectivity index (χ0v) is 16.2. The average molecular weight is 320 g/mol. The lowest BCUT2D eigenvalue weighted by atomic mass is 9.90. The van der Waals surface area contributed by atoms with Crippen LogP contribution in [0.2, 0.25) is 0 Å². The molecule has 2 heteroatoms. The van der Waals surface area contributed by atoms with E-state index in [0.29, 0.717) is 11.8 Å². The molecule has 0 aliphatic heterocycles. The lowest BCUT2D eigenvalue weighted by Crippen LogP contribution is -2.11. The van der Waals surface area contributed by atoms with Crippen molar-refractivity contribution in [3.8, 4) is 0 Å². The van der Waals surface area contributed by atoms with Gasteiger partial charge in [0.05, 0.1) is 5.71 Å². The molecule has 0 unspecified atom stereocenters. The minimum atomic E-state index is 0.509. The molecule has 0 spiro atoms. The second-order valence-corrected chi connectivity index (χ2v) is 7.49. The van der Waals surface area contributed by atoms with Gasteiger partial charge in [0.1, 0.15) is 0 Å². The smallest absolute Gasteiger partial charge is 0.0824 e. The molecule has 1 N–H and O–H groups in total. The lowest BCUT2D eigenvalue weighted by Gasteiger charge is -2.16. The predicted molar refractivity (Wildman–Crippen MR) is 103 cm³/mol. The van der Waals surface area contributed by atoms with Crippen molar-refractivity contribution in [1.29, 1.82) is 0 Å². The molecule has 2 nitrogen and oxygen atoms in total. The summed E-state index contributed by atoms with van der Waals surface area (Å²) in [5.74, 6) is 1.07. The van der Waals surface area contributed by atoms with Crippen LogP contribution in [0.4, 0.5) is 0 Å². The highest BCUT2D eigenvalue weighted by Crippen LogP contribution is 2.21. The SMILES string of the molecule is C=C(C[C@@H](C)CCC=C(C)C)C(C[C@@H](C)CCC=C(C)C)=NO. The second kappa shape index (κ2) is 12.2. The molecule has 0 amide bonds. The first-order valence-electron chi connectivity index (χ1n) is 8.92. The molecule has 0 radical (unpaired) electrons. The summed E-state index contributed by atoms with van der Waals surface area (Å²) in [4.78, 5) is 0. The van der Waals surface area contributed by atoms with E-state index in [1.165, 1.54) is 11.1 Å². The van der Waals surface area contributed by atoms with Crippen molar-refractivity contribution in [1.82, 2.24) is 0 Å². The third kappa shape index (κ3) is 11.9. The molecule has 0 aliphatic carbocycles. The Hall–Kier alpha value is -1.31. The van der Waals surface area contributed by atoms with Crippen molar-refractivity contribution in [2.24, 2.45) is 17.0 Å². The summed E-state index contributed by atoms with van der Waals surface area (Å²) < 4.78 is 0. The van der Waals surface area contributed by atoms with E-state index >= 15 is 0 Å². The Morgan fingerprint density at radius 3 is 1.74 bits per heavy atom. The number of hydrogen-bond acceptors (Lipinski definition) is 2. The first-order valence-corrected chi connectivity index (χ1v) is 8.92. The van der Waals surface area contributed by atoms with E-state index in [0.717, 1.165) is 49.8 Å². The van der Waals surface area contributed by atoms with Crippen LogP contribution in [-0.4, -0.2) is 10.9 Å². The van der Waals surface area contributed by atoms with Gasteiger partial charge in [-0.05, 0) is 83.6 Å². The monoisotopic (exact) mass is 319 g/mol. The molecule has 0 bridgehead atoms. The first-order chi connectivity index (χ1) is 10.8. The Labute approximate surface area is 144 Å². The topological polar surface area (TPSA) is 32.6 Å². The highest BCUT2D eigenvalue weighted by molar-refractivity contribution is 5.99. The van der Waals surface area contributed by atoms with Gasteiger partial charge in [-0.3, -0.25) is 0 Å². The zero-order chi connectivity index (χ0) is 17.8. The van der Waals surface area contributed by atoms with Gasteiger partial charge in [0.15, 0.2) is 0 Å². The standard InChI is InChI=1S/C21H37NO/c1-16(2)10-8-12-18(5)14-20(7)21(22-23)15-19(6)13-9-11-17(3)4/h10-11,18-19,23H,7-9,12-15H2,1-6H3/t18-,19-/m0/s1. The summed E-state index contributed by atoms with van der Waals surface area (Å²) in [6, 6.07) is 0. The average Bonchev–Trinajstić information content (AvgIpc) is 2.43. The van der Waals surface area contributed by atoms with Crippen molar-refractivity contribution in [3.05, 3.63) is 35.5 Å². The Balaban J connectivity index is 4.30. The number of allylic oxidation sites excluding steroid dienone is 5. The quantitative estimate of drug-likeness (QED) is 0.191. The van der Waals surface area contributed by atoms with E-state index in [-0.39, 0.29) is 0 Å². The van der Waals surface area contributed by atoms with Crippen LogP contribution in [0.15, 0.2) is 40.6 Å². The molecule has 0 saturated carbocycles. The van der Waals surface area contributed by atoms with Crippen molar-refractivity contribution in [2.45, 2.75) is 80.1 Å². The molecule has 23 heavy (non-hydrogen) atoms. The molecule has 0 heterocycles. The molecule has 132 valence electrons. The third-order valence-electron chi connectivity index (χ3n) is 4.09. The molecule has 0 aromatic heterocycles. The van der Waals surface area contributed by atoms with Gasteiger partial charge in [-0.15, -0.1) is 0 Å². The summed E-state index contributed by atoms with van der Waals surface area (Å²) in [6.45, 7) is 17.1. The summed E-state index contributed by atoms with van der Waals surface area (Å²) in [6.07, 6.45) is 10.8. The number of rotatable bonds is 11. The minimum Gasteiger partial charge on any atom is -0.411 e. The molecular weight excluding hydrogens is 282 g/mol. The van der Waals surface area contributed by atoms with Crippen LogP contribution in [0, 0.1) is 11.8 Å². The van der Waals surface area contributed by atoms with Gasteiger partial charge >= 0.3 is 0 Å². The lowest BCUT2D eigenvalue weighted by molar-refractivity contribution is 0.316. The van der Waals surface area contributed by atoms with Gasteiger partial charge < -0.3 is 5.21 Å². The van der Waals surface area contributed by atoms with Gasteiger partial charge in [-0.2, -0.15) is 0 Å². The van der Waals surface area contributed by atoms with Crippen molar-refractivity contribution < 1.29 is 5.21 Å². The maximum Gasteiger partial charge on any atom is 0.0824 e. The van der Waals surface area contributed by atoms with Crippen LogP contribution in [0.25, 0.3) is 0 Å². The fraction of sp³-hybridized carbons (Fsp3) is 0.667. The predicted octanol–water partition coefficient (Wildman–Crippen LogP) is 6.92. The molecule has 2 atom stereocenters. The van der Waals surface area contributed by atoms with Gasteiger partial charge in [0.2, 0.25) is 0 Å². The molecule has 0 fully saturated rings. The van der Waals surface area contributed by atoms with Gasteiger partial charge in [-0.25, -0.2) is 0 Å². The number of hydrogen-bond donors (Lipinski definition) is 1. The summed E-state index contributed by atoms with van der Waals surface area (Å²) in [5, 5.41) is 12.8. The van der Waals surface area contributed by atoms with Crippen LogP contribution in [0.5, 0.6) is 0 Å². The van der Waals surface area contributed by atoms with Crippen molar-refractivity contribution in [2.75, 3.05) is 0 Å². The van der Waals surface area contributed by atoms with E-state index in [1.54, 1.807) is 0 Å². The van der Waals surface area contributed by atoms with Gasteiger partial charge in [0.25, 0.3) is 0 Å². The van der Waals surface area contributed by atoms with Crippen molar-refractivity contribution in [3.63, 3.8) is 0 Å². The Kier molecular flexibility index (Phi) is 11.5. The highest BCUT2D eigenvalue weighted by Gasteiger charge is 2.13. The van der Waals surface area contributed by atoms with Crippen LogP contribution < -0.4 is 0 Å². The molecular formula is C21H37NO. The number of oxime groups is 1. The third-order valence-corrected chi connectivity index (χ3v) is 4.09. The maximum atomic E-state index is 9.33. The van der Waals surface area contributed by atoms with E-state index in [9.17, 15) is 5.21 Å². The van der Waals surface area contributed by atoms with Gasteiger partial charge in [-0.1, -0.05) is 48.9 Å². The van der Waals surface area contributed by atoms with Crippen LogP contribution in [0.1, 0.15) is 80.1 Å². The minimum absolute atomic E-state index is 0.509. The maximum absolute atomic E-state index is 9.33. The van der Waals surface area contributed by atoms with Crippen LogP contribution >= 0.6 is 0 Å². The van der Waals surface area contributed by atoms with Crippen LogP contribution in [-0.2, 0) is 0 Å². The van der Waals surface area contributed by atoms with E-state index in [1.807, 2.05) is 0 Å². The summed E-state index contributed by atoms with van der Waals surface area (Å²) in [5.41, 5.74) is 4.51. The molecule has 0 aromatic rings. The van der Waals surface area contributed by atoms with Gasteiger partial charge in [0, 0.05) is 0 Å². The zero-order valence-electron chi connectivity index (χ0n) is 16.2. The Morgan fingerprint density at radius 1 is 0.913 bits per heavy atom. The molecule has 0 aliphatic rings. The van der Waals surface area contributed by atoms with Crippen LogP contribution in [0.3, 0.4) is 0 Å². The second-order valence-electron chi connectivity index (χ2n) is 7.49. The fourth-order valence-electron chi connectivity index (χ4n) is 2.64. The highest BCUT2D eigenvalue weighted by atomic mass is 16.4. The fourth-order valence-corrected chi connectivity index (χ4v) is 2.64. The molecule has 0 saturated heterocycles. The Morgan fingerprint density at radius 2 is 1.35 bits per heavy atom. The number of nitrogens with zero attached hydrogens (tertiary/aromatic N) is 1. The van der Waals surface area contributed by atoms with E-state index in [2.05, 4.69) is 65.4 Å². The van der Waals surface area contributed by atoms with E-state index < -0.39 is 0 Å². The summed E-state index contributed by atoms with van der Waals surface area (Å²) in [7, 11) is 0. The normalized spacial score (nSPS) is 14.1. The van der Waals surface area contributed by atoms with E-state index in [4.69, 9.17) is 0 Å². The molecule has 0 aromatic carbocycles. The molecule has 0 rings (SSSR count). The largest absolute Gasteiger partial charge is 0.411 e. The first kappa shape index (κ1) is 21.7. The van der Waals surface area contributed by atoms with Crippen molar-refractivity contribution >= 4 is 5.71 Å². The Bertz CT molecular complexity index is 435.